The normalized spacial score (nSPS) is 10.9. The molecular weight excluding hydrogens is 222 g/mol. The van der Waals surface area contributed by atoms with Crippen molar-refractivity contribution in [2.45, 2.75) is 20.3 Å². The summed E-state index contributed by atoms with van der Waals surface area (Å²) in [6.07, 6.45) is 0.824. The molecule has 0 fully saturated rings. The number of nitrogens with zero attached hydrogens (tertiary/aromatic N) is 2. The third-order valence-electron chi connectivity index (χ3n) is 3.16. The molecule has 1 aromatic carbocycles. The molecule has 1 heterocycles. The van der Waals surface area contributed by atoms with Gasteiger partial charge in [0.15, 0.2) is 0 Å². The van der Waals surface area contributed by atoms with E-state index in [9.17, 15) is 0 Å². The van der Waals surface area contributed by atoms with Gasteiger partial charge in [-0.15, -0.1) is 0 Å². The second-order valence-electron chi connectivity index (χ2n) is 5.04. The van der Waals surface area contributed by atoms with Gasteiger partial charge in [-0.2, -0.15) is 0 Å². The second kappa shape index (κ2) is 4.94. The number of fused-ring (bicyclic) bond motifs is 1. The van der Waals surface area contributed by atoms with Crippen molar-refractivity contribution in [3.05, 3.63) is 35.0 Å². The highest BCUT2D eigenvalue weighted by Gasteiger charge is 2.09. The molecular formula is C15H21N3. The van der Waals surface area contributed by atoms with Crippen molar-refractivity contribution in [2.75, 3.05) is 25.5 Å². The van der Waals surface area contributed by atoms with Crippen molar-refractivity contribution in [1.29, 1.82) is 0 Å². The average molecular weight is 243 g/mol. The largest absolute Gasteiger partial charge is 0.377 e. The molecule has 2 aromatic rings. The van der Waals surface area contributed by atoms with Gasteiger partial charge in [0.25, 0.3) is 0 Å². The minimum Gasteiger partial charge on any atom is -0.377 e. The van der Waals surface area contributed by atoms with Crippen LogP contribution >= 0.6 is 0 Å². The molecule has 0 saturated carbocycles. The Morgan fingerprint density at radius 1 is 1.17 bits per heavy atom. The molecule has 0 unspecified atom stereocenters. The lowest BCUT2D eigenvalue weighted by Gasteiger charge is -2.18. The first-order valence-electron chi connectivity index (χ1n) is 6.31. The Hall–Kier alpha value is -1.61. The summed E-state index contributed by atoms with van der Waals surface area (Å²) in [4.78, 5) is 6.88. The standard InChI is InChI=1S/C15H21N3/c1-10-7-11(2)15-13(8-10)14(18(3)4)9-12(17-15)5-6-16/h7-9H,5-6,16H2,1-4H3. The van der Waals surface area contributed by atoms with E-state index in [1.165, 1.54) is 22.2 Å². The lowest BCUT2D eigenvalue weighted by molar-refractivity contribution is 0.928. The van der Waals surface area contributed by atoms with Gasteiger partial charge in [-0.05, 0) is 38.1 Å². The third-order valence-corrected chi connectivity index (χ3v) is 3.16. The van der Waals surface area contributed by atoms with E-state index in [4.69, 9.17) is 10.7 Å². The van der Waals surface area contributed by atoms with Crippen LogP contribution in [-0.2, 0) is 6.42 Å². The Labute approximate surface area is 109 Å². The lowest BCUT2D eigenvalue weighted by atomic mass is 10.0. The van der Waals surface area contributed by atoms with Crippen molar-refractivity contribution in [1.82, 2.24) is 4.98 Å². The molecule has 0 bridgehead atoms. The summed E-state index contributed by atoms with van der Waals surface area (Å²) in [5.74, 6) is 0. The maximum absolute atomic E-state index is 5.64. The van der Waals surface area contributed by atoms with Crippen LogP contribution in [0.4, 0.5) is 5.69 Å². The van der Waals surface area contributed by atoms with Gasteiger partial charge in [-0.1, -0.05) is 11.6 Å². The summed E-state index contributed by atoms with van der Waals surface area (Å²) in [6, 6.07) is 6.53. The molecule has 0 saturated heterocycles. The summed E-state index contributed by atoms with van der Waals surface area (Å²) in [5.41, 5.74) is 11.5. The second-order valence-corrected chi connectivity index (χ2v) is 5.04. The van der Waals surface area contributed by atoms with Gasteiger partial charge in [0, 0.05) is 37.3 Å². The predicted octanol–water partition coefficient (Wildman–Crippen LogP) is 2.42. The number of hydrogen-bond acceptors (Lipinski definition) is 3. The number of nitrogens with two attached hydrogens (primary N) is 1. The number of aromatic nitrogens is 1. The molecule has 0 spiro atoms. The van der Waals surface area contributed by atoms with Crippen molar-refractivity contribution < 1.29 is 0 Å². The van der Waals surface area contributed by atoms with Crippen molar-refractivity contribution in [2.24, 2.45) is 5.73 Å². The Morgan fingerprint density at radius 2 is 1.89 bits per heavy atom. The Bertz CT molecular complexity index is 573. The lowest BCUT2D eigenvalue weighted by Crippen LogP contribution is -2.12. The third kappa shape index (κ3) is 2.31. The Morgan fingerprint density at radius 3 is 2.50 bits per heavy atom. The highest BCUT2D eigenvalue weighted by atomic mass is 15.1. The molecule has 3 nitrogen and oxygen atoms in total. The fourth-order valence-electron chi connectivity index (χ4n) is 2.36. The number of benzene rings is 1. The highest BCUT2D eigenvalue weighted by Crippen LogP contribution is 2.28. The van der Waals surface area contributed by atoms with Crippen molar-refractivity contribution >= 4 is 16.6 Å². The maximum Gasteiger partial charge on any atom is 0.0755 e. The van der Waals surface area contributed by atoms with E-state index in [0.29, 0.717) is 6.54 Å². The summed E-state index contributed by atoms with van der Waals surface area (Å²) in [5, 5.41) is 1.22. The minimum atomic E-state index is 0.635. The molecule has 0 atom stereocenters. The zero-order chi connectivity index (χ0) is 13.3. The molecule has 2 rings (SSSR count). The fourth-order valence-corrected chi connectivity index (χ4v) is 2.36. The van der Waals surface area contributed by atoms with E-state index in [0.717, 1.165) is 17.6 Å². The molecule has 0 aliphatic carbocycles. The molecule has 96 valence electrons. The van der Waals surface area contributed by atoms with Crippen molar-refractivity contribution in [3.63, 3.8) is 0 Å². The van der Waals surface area contributed by atoms with E-state index < -0.39 is 0 Å². The fraction of sp³-hybridized carbons (Fsp3) is 0.400. The van der Waals surface area contributed by atoms with Crippen LogP contribution < -0.4 is 10.6 Å². The van der Waals surface area contributed by atoms with Gasteiger partial charge in [-0.3, -0.25) is 4.98 Å². The van der Waals surface area contributed by atoms with Crippen molar-refractivity contribution in [3.8, 4) is 0 Å². The van der Waals surface area contributed by atoms with Gasteiger partial charge in [0.05, 0.1) is 5.52 Å². The number of rotatable bonds is 3. The van der Waals surface area contributed by atoms with Gasteiger partial charge in [0.1, 0.15) is 0 Å². The van der Waals surface area contributed by atoms with Crippen LogP contribution in [0, 0.1) is 13.8 Å². The zero-order valence-corrected chi connectivity index (χ0v) is 11.6. The Kier molecular flexibility index (Phi) is 3.53. The molecule has 1 aromatic heterocycles. The van der Waals surface area contributed by atoms with Gasteiger partial charge in [-0.25, -0.2) is 0 Å². The van der Waals surface area contributed by atoms with E-state index >= 15 is 0 Å². The minimum absolute atomic E-state index is 0.635. The number of anilines is 1. The molecule has 18 heavy (non-hydrogen) atoms. The first kappa shape index (κ1) is 12.8. The smallest absolute Gasteiger partial charge is 0.0755 e. The van der Waals surface area contributed by atoms with Gasteiger partial charge >= 0.3 is 0 Å². The molecule has 0 amide bonds. The SMILES string of the molecule is Cc1cc(C)c2nc(CCN)cc(N(C)C)c2c1. The first-order chi connectivity index (χ1) is 8.52. The number of pyridine rings is 1. The zero-order valence-electron chi connectivity index (χ0n) is 11.6. The molecule has 3 heteroatoms. The highest BCUT2D eigenvalue weighted by molar-refractivity contribution is 5.94. The van der Waals surface area contributed by atoms with Gasteiger partial charge in [0.2, 0.25) is 0 Å². The van der Waals surface area contributed by atoms with Crippen LogP contribution in [0.5, 0.6) is 0 Å². The topological polar surface area (TPSA) is 42.1 Å². The predicted molar refractivity (Wildman–Crippen MR) is 78.3 cm³/mol. The van der Waals surface area contributed by atoms with Crippen LogP contribution in [0.1, 0.15) is 16.8 Å². The van der Waals surface area contributed by atoms with E-state index in [-0.39, 0.29) is 0 Å². The van der Waals surface area contributed by atoms with Crippen LogP contribution in [0.3, 0.4) is 0 Å². The summed E-state index contributed by atoms with van der Waals surface area (Å²) >= 11 is 0. The monoisotopic (exact) mass is 243 g/mol. The van der Waals surface area contributed by atoms with Crippen LogP contribution in [-0.4, -0.2) is 25.6 Å². The summed E-state index contributed by atoms with van der Waals surface area (Å²) in [6.45, 7) is 4.88. The average Bonchev–Trinajstić information content (AvgIpc) is 2.29. The summed E-state index contributed by atoms with van der Waals surface area (Å²) < 4.78 is 0. The molecule has 0 aliphatic rings. The van der Waals surface area contributed by atoms with Gasteiger partial charge < -0.3 is 10.6 Å². The molecule has 0 radical (unpaired) electrons. The van der Waals surface area contributed by atoms with Crippen LogP contribution in [0.25, 0.3) is 10.9 Å². The molecule has 2 N–H and O–H groups in total. The van der Waals surface area contributed by atoms with E-state index in [1.807, 2.05) is 0 Å². The van der Waals surface area contributed by atoms with E-state index in [2.05, 4.69) is 51.0 Å². The first-order valence-corrected chi connectivity index (χ1v) is 6.31. The van der Waals surface area contributed by atoms with E-state index in [1.54, 1.807) is 0 Å². The number of hydrogen-bond donors (Lipinski definition) is 1. The Balaban J connectivity index is 2.76. The summed E-state index contributed by atoms with van der Waals surface area (Å²) in [7, 11) is 4.14. The maximum atomic E-state index is 5.64. The number of aryl methyl sites for hydroxylation is 2. The van der Waals surface area contributed by atoms with Crippen LogP contribution in [0.2, 0.25) is 0 Å². The van der Waals surface area contributed by atoms with Crippen LogP contribution in [0.15, 0.2) is 18.2 Å². The molecule has 0 aliphatic heterocycles. The quantitative estimate of drug-likeness (QED) is 0.900.